The molecule has 1 amide bonds. The van der Waals surface area contributed by atoms with E-state index in [0.29, 0.717) is 36.3 Å². The van der Waals surface area contributed by atoms with E-state index in [1.165, 1.54) is 17.7 Å². The van der Waals surface area contributed by atoms with Gasteiger partial charge in [-0.2, -0.15) is 0 Å². The highest BCUT2D eigenvalue weighted by atomic mass is 19.1. The summed E-state index contributed by atoms with van der Waals surface area (Å²) in [6, 6.07) is 12.7. The molecule has 1 aliphatic heterocycles. The number of hydrogen-bond acceptors (Lipinski definition) is 4. The first-order chi connectivity index (χ1) is 14.0. The molecule has 0 bridgehead atoms. The fraction of sp³-hybridized carbons (Fsp3) is 0.348. The zero-order valence-electron chi connectivity index (χ0n) is 16.7. The van der Waals surface area contributed by atoms with E-state index in [0.717, 1.165) is 18.7 Å². The second-order valence-electron chi connectivity index (χ2n) is 7.48. The summed E-state index contributed by atoms with van der Waals surface area (Å²) < 4.78 is 24.7. The molecule has 1 unspecified atom stereocenters. The van der Waals surface area contributed by atoms with Crippen molar-refractivity contribution in [1.29, 1.82) is 0 Å². The third kappa shape index (κ3) is 4.18. The number of hydrogen-bond donors (Lipinski definition) is 1. The molecule has 1 N–H and O–H groups in total. The Morgan fingerprint density at radius 1 is 1.17 bits per heavy atom. The SMILES string of the molecule is Cc1cccc(C(CNC(=O)c2oc3ccc(F)cc3c2C)N2CCOCC2)c1. The van der Waals surface area contributed by atoms with Gasteiger partial charge in [0.2, 0.25) is 0 Å². The van der Waals surface area contributed by atoms with Gasteiger partial charge in [0.05, 0.1) is 19.3 Å². The number of fused-ring (bicyclic) bond motifs is 1. The number of nitrogens with one attached hydrogen (secondary N) is 1. The minimum Gasteiger partial charge on any atom is -0.451 e. The lowest BCUT2D eigenvalue weighted by molar-refractivity contribution is 0.0161. The van der Waals surface area contributed by atoms with Crippen LogP contribution in [0.3, 0.4) is 0 Å². The monoisotopic (exact) mass is 396 g/mol. The van der Waals surface area contributed by atoms with Crippen molar-refractivity contribution >= 4 is 16.9 Å². The Morgan fingerprint density at radius 3 is 2.72 bits per heavy atom. The minimum atomic E-state index is -0.347. The fourth-order valence-electron chi connectivity index (χ4n) is 3.90. The Labute approximate surface area is 169 Å². The Hall–Kier alpha value is -2.70. The summed E-state index contributed by atoms with van der Waals surface area (Å²) in [5.41, 5.74) is 3.51. The van der Waals surface area contributed by atoms with Crippen molar-refractivity contribution in [2.45, 2.75) is 19.9 Å². The molecule has 0 radical (unpaired) electrons. The predicted octanol–water partition coefficient (Wildman–Crippen LogP) is 3.99. The van der Waals surface area contributed by atoms with Gasteiger partial charge in [0.1, 0.15) is 11.4 Å². The summed E-state index contributed by atoms with van der Waals surface area (Å²) in [6.45, 7) is 7.30. The predicted molar refractivity (Wildman–Crippen MR) is 110 cm³/mol. The summed E-state index contributed by atoms with van der Waals surface area (Å²) in [5.74, 6) is -0.402. The van der Waals surface area contributed by atoms with Crippen molar-refractivity contribution in [3.63, 3.8) is 0 Å². The van der Waals surface area contributed by atoms with Crippen LogP contribution in [0, 0.1) is 19.7 Å². The number of rotatable bonds is 5. The molecule has 152 valence electrons. The molecule has 3 aromatic rings. The number of halogens is 1. The van der Waals surface area contributed by atoms with Gasteiger partial charge in [0, 0.05) is 30.6 Å². The average Bonchev–Trinajstić information content (AvgIpc) is 3.05. The van der Waals surface area contributed by atoms with Crippen LogP contribution in [0.5, 0.6) is 0 Å². The van der Waals surface area contributed by atoms with Crippen molar-refractivity contribution in [1.82, 2.24) is 10.2 Å². The molecule has 1 atom stereocenters. The zero-order valence-corrected chi connectivity index (χ0v) is 16.7. The molecule has 0 aliphatic carbocycles. The van der Waals surface area contributed by atoms with Crippen LogP contribution in [0.25, 0.3) is 11.0 Å². The molecule has 6 heteroatoms. The molecule has 1 saturated heterocycles. The summed E-state index contributed by atoms with van der Waals surface area (Å²) in [4.78, 5) is 15.2. The van der Waals surface area contributed by atoms with Crippen LogP contribution < -0.4 is 5.32 Å². The first kappa shape index (κ1) is 19.6. The molecule has 5 nitrogen and oxygen atoms in total. The Balaban J connectivity index is 1.55. The molecular weight excluding hydrogens is 371 g/mol. The van der Waals surface area contributed by atoms with Crippen molar-refractivity contribution in [2.75, 3.05) is 32.8 Å². The molecular formula is C23H25FN2O3. The van der Waals surface area contributed by atoms with Crippen LogP contribution in [0.4, 0.5) is 4.39 Å². The molecule has 0 spiro atoms. The van der Waals surface area contributed by atoms with E-state index in [2.05, 4.69) is 35.3 Å². The van der Waals surface area contributed by atoms with Gasteiger partial charge in [-0.15, -0.1) is 0 Å². The van der Waals surface area contributed by atoms with Crippen molar-refractivity contribution in [3.05, 3.63) is 70.7 Å². The van der Waals surface area contributed by atoms with Crippen LogP contribution in [-0.4, -0.2) is 43.7 Å². The van der Waals surface area contributed by atoms with Crippen LogP contribution >= 0.6 is 0 Å². The van der Waals surface area contributed by atoms with Gasteiger partial charge in [0.15, 0.2) is 5.76 Å². The molecule has 2 heterocycles. The largest absolute Gasteiger partial charge is 0.451 e. The van der Waals surface area contributed by atoms with Crippen LogP contribution in [-0.2, 0) is 4.74 Å². The number of carbonyl (C=O) groups is 1. The van der Waals surface area contributed by atoms with E-state index in [4.69, 9.17) is 9.15 Å². The first-order valence-corrected chi connectivity index (χ1v) is 9.88. The Kier molecular flexibility index (Phi) is 5.65. The van der Waals surface area contributed by atoms with Crippen molar-refractivity contribution < 1.29 is 18.3 Å². The maximum absolute atomic E-state index is 13.5. The first-order valence-electron chi connectivity index (χ1n) is 9.88. The third-order valence-electron chi connectivity index (χ3n) is 5.47. The maximum atomic E-state index is 13.5. The molecule has 4 rings (SSSR count). The van der Waals surface area contributed by atoms with Gasteiger partial charge in [-0.3, -0.25) is 9.69 Å². The van der Waals surface area contributed by atoms with Crippen molar-refractivity contribution in [2.24, 2.45) is 0 Å². The van der Waals surface area contributed by atoms with E-state index < -0.39 is 0 Å². The van der Waals surface area contributed by atoms with Crippen LogP contribution in [0.2, 0.25) is 0 Å². The zero-order chi connectivity index (χ0) is 20.4. The Bertz CT molecular complexity index is 1020. The third-order valence-corrected chi connectivity index (χ3v) is 5.47. The number of nitrogens with zero attached hydrogens (tertiary/aromatic N) is 1. The van der Waals surface area contributed by atoms with Gasteiger partial charge in [-0.1, -0.05) is 29.8 Å². The molecule has 2 aromatic carbocycles. The summed E-state index contributed by atoms with van der Waals surface area (Å²) >= 11 is 0. The number of ether oxygens (including phenoxy) is 1. The maximum Gasteiger partial charge on any atom is 0.287 e. The molecule has 29 heavy (non-hydrogen) atoms. The average molecular weight is 396 g/mol. The van der Waals surface area contributed by atoms with Crippen LogP contribution in [0.1, 0.15) is 33.3 Å². The van der Waals surface area contributed by atoms with E-state index >= 15 is 0 Å². The van der Waals surface area contributed by atoms with Gasteiger partial charge >= 0.3 is 0 Å². The summed E-state index contributed by atoms with van der Waals surface area (Å²) in [6.07, 6.45) is 0. The molecule has 1 aromatic heterocycles. The number of furan rings is 1. The number of carbonyl (C=O) groups excluding carboxylic acids is 1. The standard InChI is InChI=1S/C23H25FN2O3/c1-15-4-3-5-17(12-15)20(26-8-10-28-11-9-26)14-25-23(27)22-16(2)19-13-18(24)6-7-21(19)29-22/h3-7,12-13,20H,8-11,14H2,1-2H3,(H,25,27). The minimum absolute atomic E-state index is 0.0462. The lowest BCUT2D eigenvalue weighted by Gasteiger charge is -2.35. The lowest BCUT2D eigenvalue weighted by Crippen LogP contribution is -2.43. The summed E-state index contributed by atoms with van der Waals surface area (Å²) in [7, 11) is 0. The van der Waals surface area contributed by atoms with E-state index in [1.54, 1.807) is 13.0 Å². The number of amides is 1. The number of benzene rings is 2. The second kappa shape index (κ2) is 8.35. The number of aryl methyl sites for hydroxylation is 2. The highest BCUT2D eigenvalue weighted by Crippen LogP contribution is 2.27. The van der Waals surface area contributed by atoms with Gasteiger partial charge in [-0.25, -0.2) is 4.39 Å². The second-order valence-corrected chi connectivity index (χ2v) is 7.48. The van der Waals surface area contributed by atoms with E-state index in [9.17, 15) is 9.18 Å². The van der Waals surface area contributed by atoms with E-state index in [-0.39, 0.29) is 23.5 Å². The van der Waals surface area contributed by atoms with Crippen molar-refractivity contribution in [3.8, 4) is 0 Å². The molecule has 0 saturated carbocycles. The molecule has 1 aliphatic rings. The lowest BCUT2D eigenvalue weighted by atomic mass is 10.0. The van der Waals surface area contributed by atoms with Crippen LogP contribution in [0.15, 0.2) is 46.9 Å². The summed E-state index contributed by atoms with van der Waals surface area (Å²) in [5, 5.41) is 3.65. The van der Waals surface area contributed by atoms with Gasteiger partial charge < -0.3 is 14.5 Å². The normalized spacial score (nSPS) is 16.1. The smallest absolute Gasteiger partial charge is 0.287 e. The highest BCUT2D eigenvalue weighted by Gasteiger charge is 2.25. The highest BCUT2D eigenvalue weighted by molar-refractivity contribution is 5.98. The fourth-order valence-corrected chi connectivity index (χ4v) is 3.90. The van der Waals surface area contributed by atoms with E-state index in [1.807, 2.05) is 6.07 Å². The molecule has 1 fully saturated rings. The van der Waals surface area contributed by atoms with Gasteiger partial charge in [-0.05, 0) is 37.6 Å². The van der Waals surface area contributed by atoms with Gasteiger partial charge in [0.25, 0.3) is 5.91 Å². The Morgan fingerprint density at radius 2 is 1.97 bits per heavy atom. The topological polar surface area (TPSA) is 54.7 Å². The quantitative estimate of drug-likeness (QED) is 0.709. The number of morpholine rings is 1.